The first-order valence-electron chi connectivity index (χ1n) is 5.39. The molecule has 1 aromatic carbocycles. The smallest absolute Gasteiger partial charge is 0.309 e. The van der Waals surface area contributed by atoms with Crippen LogP contribution < -0.4 is 5.32 Å². The molecule has 0 amide bonds. The summed E-state index contributed by atoms with van der Waals surface area (Å²) in [5, 5.41) is 7.04. The summed E-state index contributed by atoms with van der Waals surface area (Å²) in [6.07, 6.45) is -4.28. The molecule has 2 aromatic rings. The van der Waals surface area contributed by atoms with Gasteiger partial charge in [-0.25, -0.2) is 0 Å². The van der Waals surface area contributed by atoms with Crippen LogP contribution in [0.5, 0.6) is 0 Å². The number of hydrogen-bond acceptors (Lipinski definition) is 2. The van der Waals surface area contributed by atoms with Crippen molar-refractivity contribution in [3.8, 4) is 0 Å². The first kappa shape index (κ1) is 13.1. The minimum Gasteiger partial charge on any atom is -0.309 e. The first-order chi connectivity index (χ1) is 8.52. The maximum absolute atomic E-state index is 12.5. The van der Waals surface area contributed by atoms with Gasteiger partial charge in [-0.15, -0.1) is 0 Å². The average molecular weight is 271 g/mol. The summed E-state index contributed by atoms with van der Waals surface area (Å²) < 4.78 is 37.4. The highest BCUT2D eigenvalue weighted by molar-refractivity contribution is 7.08. The zero-order valence-electron chi connectivity index (χ0n) is 9.66. The Morgan fingerprint density at radius 1 is 1.06 bits per heavy atom. The van der Waals surface area contributed by atoms with Crippen molar-refractivity contribution in [3.05, 3.63) is 57.8 Å². The lowest BCUT2D eigenvalue weighted by molar-refractivity contribution is -0.137. The fourth-order valence-electron chi connectivity index (χ4n) is 1.83. The fraction of sp³-hybridized carbons (Fsp3) is 0.231. The van der Waals surface area contributed by atoms with Gasteiger partial charge >= 0.3 is 6.18 Å². The molecule has 96 valence electrons. The summed E-state index contributed by atoms with van der Waals surface area (Å²) in [5.41, 5.74) is 1.26. The van der Waals surface area contributed by atoms with E-state index in [0.717, 1.165) is 23.3 Å². The van der Waals surface area contributed by atoms with Gasteiger partial charge in [0, 0.05) is 0 Å². The molecule has 1 heterocycles. The molecule has 5 heteroatoms. The molecule has 0 fully saturated rings. The molecule has 1 atom stereocenters. The molecule has 0 aliphatic heterocycles. The van der Waals surface area contributed by atoms with Crippen LogP contribution in [0.3, 0.4) is 0 Å². The molecule has 1 aromatic heterocycles. The first-order valence-corrected chi connectivity index (χ1v) is 6.33. The van der Waals surface area contributed by atoms with Crippen LogP contribution in [0.4, 0.5) is 13.2 Å². The van der Waals surface area contributed by atoms with E-state index in [1.165, 1.54) is 12.1 Å². The van der Waals surface area contributed by atoms with Gasteiger partial charge < -0.3 is 5.32 Å². The highest BCUT2D eigenvalue weighted by Crippen LogP contribution is 2.31. The van der Waals surface area contributed by atoms with E-state index in [4.69, 9.17) is 0 Å². The fourth-order valence-corrected chi connectivity index (χ4v) is 2.52. The molecule has 1 N–H and O–H groups in total. The number of thiophene rings is 1. The van der Waals surface area contributed by atoms with Gasteiger partial charge in [-0.1, -0.05) is 12.1 Å². The number of hydrogen-bond donors (Lipinski definition) is 1. The summed E-state index contributed by atoms with van der Waals surface area (Å²) in [7, 11) is 1.79. The van der Waals surface area contributed by atoms with Crippen LogP contribution in [0, 0.1) is 0 Å². The van der Waals surface area contributed by atoms with E-state index in [0.29, 0.717) is 0 Å². The molecule has 1 nitrogen and oxygen atoms in total. The number of benzene rings is 1. The monoisotopic (exact) mass is 271 g/mol. The third kappa shape index (κ3) is 2.73. The van der Waals surface area contributed by atoms with Gasteiger partial charge in [-0.05, 0) is 47.1 Å². The Morgan fingerprint density at radius 3 is 2.17 bits per heavy atom. The number of halogens is 3. The van der Waals surface area contributed by atoms with E-state index in [1.807, 2.05) is 16.8 Å². The molecule has 0 saturated carbocycles. The molecule has 0 radical (unpaired) electrons. The Balaban J connectivity index is 2.28. The van der Waals surface area contributed by atoms with Crippen molar-refractivity contribution in [3.63, 3.8) is 0 Å². The predicted octanol–water partition coefficient (Wildman–Crippen LogP) is 4.08. The Labute approximate surface area is 107 Å². The molecule has 0 saturated heterocycles. The number of nitrogens with one attached hydrogen (secondary N) is 1. The van der Waals surface area contributed by atoms with E-state index in [-0.39, 0.29) is 6.04 Å². The van der Waals surface area contributed by atoms with Crippen LogP contribution in [-0.2, 0) is 6.18 Å². The van der Waals surface area contributed by atoms with Gasteiger partial charge in [0.15, 0.2) is 0 Å². The molecule has 0 spiro atoms. The van der Waals surface area contributed by atoms with Gasteiger partial charge in [0.05, 0.1) is 11.6 Å². The third-order valence-corrected chi connectivity index (χ3v) is 3.44. The van der Waals surface area contributed by atoms with Crippen molar-refractivity contribution in [2.45, 2.75) is 12.2 Å². The summed E-state index contributed by atoms with van der Waals surface area (Å²) in [5.74, 6) is 0. The van der Waals surface area contributed by atoms with Crippen LogP contribution in [-0.4, -0.2) is 7.05 Å². The Kier molecular flexibility index (Phi) is 3.73. The quantitative estimate of drug-likeness (QED) is 0.887. The highest BCUT2D eigenvalue weighted by Gasteiger charge is 2.30. The molecule has 1 unspecified atom stereocenters. The minimum absolute atomic E-state index is 0.0708. The lowest BCUT2D eigenvalue weighted by Crippen LogP contribution is -2.17. The van der Waals surface area contributed by atoms with E-state index in [2.05, 4.69) is 5.32 Å². The SMILES string of the molecule is CNC(c1ccc(C(F)(F)F)cc1)c1ccsc1. The Morgan fingerprint density at radius 2 is 1.72 bits per heavy atom. The number of alkyl halides is 3. The Hall–Kier alpha value is -1.33. The number of rotatable bonds is 3. The van der Waals surface area contributed by atoms with Crippen molar-refractivity contribution >= 4 is 11.3 Å². The predicted molar refractivity (Wildman–Crippen MR) is 66.7 cm³/mol. The topological polar surface area (TPSA) is 12.0 Å². The van der Waals surface area contributed by atoms with Crippen LogP contribution in [0.15, 0.2) is 41.1 Å². The average Bonchev–Trinajstić information content (AvgIpc) is 2.83. The van der Waals surface area contributed by atoms with Gasteiger partial charge in [0.1, 0.15) is 0 Å². The van der Waals surface area contributed by atoms with Gasteiger partial charge in [-0.3, -0.25) is 0 Å². The highest BCUT2D eigenvalue weighted by atomic mass is 32.1. The second-order valence-corrected chi connectivity index (χ2v) is 4.68. The molecule has 18 heavy (non-hydrogen) atoms. The Bertz CT molecular complexity index is 488. The van der Waals surface area contributed by atoms with Crippen molar-refractivity contribution in [1.82, 2.24) is 5.32 Å². The van der Waals surface area contributed by atoms with Gasteiger partial charge in [0.25, 0.3) is 0 Å². The normalized spacial score (nSPS) is 13.6. The molecule has 0 aliphatic carbocycles. The summed E-state index contributed by atoms with van der Waals surface area (Å²) in [6.45, 7) is 0. The van der Waals surface area contributed by atoms with E-state index in [1.54, 1.807) is 18.4 Å². The third-order valence-electron chi connectivity index (χ3n) is 2.74. The largest absolute Gasteiger partial charge is 0.416 e. The van der Waals surface area contributed by atoms with Crippen LogP contribution in [0.1, 0.15) is 22.7 Å². The summed E-state index contributed by atoms with van der Waals surface area (Å²) in [6, 6.07) is 7.16. The van der Waals surface area contributed by atoms with Gasteiger partial charge in [0.2, 0.25) is 0 Å². The second-order valence-electron chi connectivity index (χ2n) is 3.90. The molecule has 0 aliphatic rings. The van der Waals surface area contributed by atoms with Crippen molar-refractivity contribution in [2.75, 3.05) is 7.05 Å². The molecular formula is C13H12F3NS. The zero-order valence-corrected chi connectivity index (χ0v) is 10.5. The zero-order chi connectivity index (χ0) is 13.2. The summed E-state index contributed by atoms with van der Waals surface area (Å²) in [4.78, 5) is 0. The van der Waals surface area contributed by atoms with Crippen molar-refractivity contribution < 1.29 is 13.2 Å². The van der Waals surface area contributed by atoms with Gasteiger partial charge in [-0.2, -0.15) is 24.5 Å². The standard InChI is InChI=1S/C13H12F3NS/c1-17-12(10-6-7-18-8-10)9-2-4-11(5-3-9)13(14,15)16/h2-8,12,17H,1H3. The van der Waals surface area contributed by atoms with Crippen LogP contribution in [0.2, 0.25) is 0 Å². The molecule has 0 bridgehead atoms. The van der Waals surface area contributed by atoms with Crippen LogP contribution >= 0.6 is 11.3 Å². The maximum atomic E-state index is 12.5. The van der Waals surface area contributed by atoms with Crippen LogP contribution in [0.25, 0.3) is 0 Å². The van der Waals surface area contributed by atoms with E-state index in [9.17, 15) is 13.2 Å². The second kappa shape index (κ2) is 5.12. The molecular weight excluding hydrogens is 259 g/mol. The van der Waals surface area contributed by atoms with E-state index < -0.39 is 11.7 Å². The lowest BCUT2D eigenvalue weighted by Gasteiger charge is -2.16. The maximum Gasteiger partial charge on any atom is 0.416 e. The minimum atomic E-state index is -4.28. The van der Waals surface area contributed by atoms with Crippen molar-refractivity contribution in [1.29, 1.82) is 0 Å². The van der Waals surface area contributed by atoms with E-state index >= 15 is 0 Å². The molecule has 2 rings (SSSR count). The summed E-state index contributed by atoms with van der Waals surface area (Å²) >= 11 is 1.57. The van der Waals surface area contributed by atoms with Crippen molar-refractivity contribution in [2.24, 2.45) is 0 Å². The lowest BCUT2D eigenvalue weighted by atomic mass is 10.00.